The molecule has 0 radical (unpaired) electrons. The summed E-state index contributed by atoms with van der Waals surface area (Å²) in [5.74, 6) is -1.42. The number of anilines is 2. The normalized spacial score (nSPS) is 16.0. The Balaban J connectivity index is 0.706. The Hall–Kier alpha value is -8.07. The molecular formula is C56H62N10O10. The number of hydrogen-bond donors (Lipinski definition) is 5. The first-order valence-electron chi connectivity index (χ1n) is 25.6. The minimum atomic E-state index is -1.04. The number of amides is 6. The summed E-state index contributed by atoms with van der Waals surface area (Å²) in [6.07, 6.45) is 4.75. The van der Waals surface area contributed by atoms with Crippen molar-refractivity contribution >= 4 is 58.3 Å². The fraction of sp³-hybridized carbons (Fsp3) is 0.375. The largest absolute Gasteiger partial charge is 0.444 e. The Morgan fingerprint density at radius 3 is 2.28 bits per heavy atom. The van der Waals surface area contributed by atoms with Gasteiger partial charge in [0.1, 0.15) is 23.0 Å². The van der Waals surface area contributed by atoms with E-state index in [-0.39, 0.29) is 42.9 Å². The number of pyridine rings is 2. The third-order valence-corrected chi connectivity index (χ3v) is 13.4. The maximum Gasteiger partial charge on any atom is 0.408 e. The molecule has 9 rings (SSSR count). The second kappa shape index (κ2) is 23.2. The Kier molecular flexibility index (Phi) is 16.1. The van der Waals surface area contributed by atoms with Crippen molar-refractivity contribution in [1.29, 1.82) is 0 Å². The summed E-state index contributed by atoms with van der Waals surface area (Å²) in [5.41, 5.74) is 12.6. The Labute approximate surface area is 439 Å². The Bertz CT molecular complexity index is 3150. The molecule has 0 spiro atoms. The van der Waals surface area contributed by atoms with Crippen LogP contribution in [0.3, 0.4) is 0 Å². The van der Waals surface area contributed by atoms with Crippen LogP contribution >= 0.6 is 0 Å². The molecule has 3 aromatic carbocycles. The summed E-state index contributed by atoms with van der Waals surface area (Å²) in [4.78, 5) is 91.4. The smallest absolute Gasteiger partial charge is 0.408 e. The SMILES string of the molecule is CC(C)(C)OC(=O)NC1(c2ccc(-n3c(-c4cccnc4N)nc4ccc(-c5cccc(CCNC(=O)CCOCCOCCOCCNc6cccc7c6C(=O)N(C6CCC(=O)NC6=O)C7=O)c5)nc43)cc2)CCC1. The van der Waals surface area contributed by atoms with Crippen LogP contribution in [0.4, 0.5) is 16.3 Å². The predicted molar refractivity (Wildman–Crippen MR) is 282 cm³/mol. The number of carbonyl (C=O) groups excluding carboxylic acids is 6. The molecule has 1 aliphatic carbocycles. The number of alkyl carbamates (subject to hydrolysis) is 1. The van der Waals surface area contributed by atoms with Gasteiger partial charge in [0.25, 0.3) is 11.8 Å². The van der Waals surface area contributed by atoms with Crippen molar-refractivity contribution in [2.45, 2.75) is 82.9 Å². The van der Waals surface area contributed by atoms with Crippen LogP contribution in [-0.2, 0) is 45.3 Å². The molecule has 1 saturated heterocycles. The van der Waals surface area contributed by atoms with Gasteiger partial charge < -0.3 is 40.6 Å². The van der Waals surface area contributed by atoms with Crippen LogP contribution in [0.15, 0.2) is 97.2 Å². The first-order chi connectivity index (χ1) is 36.7. The van der Waals surface area contributed by atoms with Crippen molar-refractivity contribution in [3.63, 3.8) is 0 Å². The molecule has 396 valence electrons. The number of hydrogen-bond acceptors (Lipinski definition) is 15. The van der Waals surface area contributed by atoms with E-state index < -0.39 is 46.9 Å². The second-order valence-corrected chi connectivity index (χ2v) is 19.8. The zero-order chi connectivity index (χ0) is 53.4. The number of nitrogens with zero attached hydrogens (tertiary/aromatic N) is 5. The number of nitrogens with one attached hydrogen (secondary N) is 4. The van der Waals surface area contributed by atoms with Gasteiger partial charge in [-0.3, -0.25) is 38.8 Å². The summed E-state index contributed by atoms with van der Waals surface area (Å²) < 4.78 is 24.5. The maximum absolute atomic E-state index is 13.3. The van der Waals surface area contributed by atoms with Crippen molar-refractivity contribution in [3.05, 3.63) is 119 Å². The molecular weight excluding hydrogens is 973 g/mol. The average molecular weight is 1040 g/mol. The van der Waals surface area contributed by atoms with E-state index in [9.17, 15) is 28.8 Å². The molecule has 1 unspecified atom stereocenters. The number of nitrogens with two attached hydrogens (primary N) is 1. The fourth-order valence-corrected chi connectivity index (χ4v) is 9.54. The molecule has 5 heterocycles. The van der Waals surface area contributed by atoms with E-state index in [0.29, 0.717) is 86.6 Å². The van der Waals surface area contributed by atoms with E-state index in [1.807, 2.05) is 92.1 Å². The van der Waals surface area contributed by atoms with Crippen LogP contribution in [0.2, 0.25) is 0 Å². The lowest BCUT2D eigenvalue weighted by Crippen LogP contribution is -2.54. The van der Waals surface area contributed by atoms with E-state index in [1.165, 1.54) is 0 Å². The summed E-state index contributed by atoms with van der Waals surface area (Å²) in [6.45, 7) is 8.16. The zero-order valence-electron chi connectivity index (χ0n) is 42.8. The summed E-state index contributed by atoms with van der Waals surface area (Å²) in [5, 5.41) is 11.5. The summed E-state index contributed by atoms with van der Waals surface area (Å²) >= 11 is 0. The highest BCUT2D eigenvalue weighted by Crippen LogP contribution is 2.42. The summed E-state index contributed by atoms with van der Waals surface area (Å²) in [7, 11) is 0. The quantitative estimate of drug-likeness (QED) is 0.0372. The van der Waals surface area contributed by atoms with Gasteiger partial charge in [0.15, 0.2) is 11.5 Å². The van der Waals surface area contributed by atoms with Gasteiger partial charge in [0, 0.05) is 49.1 Å². The van der Waals surface area contributed by atoms with Crippen molar-refractivity contribution < 1.29 is 47.7 Å². The first-order valence-corrected chi connectivity index (χ1v) is 25.6. The topological polar surface area (TPSA) is 260 Å². The van der Waals surface area contributed by atoms with Gasteiger partial charge in [-0.05, 0) is 119 Å². The Morgan fingerprint density at radius 1 is 0.816 bits per heavy atom. The monoisotopic (exact) mass is 1030 g/mol. The van der Waals surface area contributed by atoms with E-state index in [2.05, 4.69) is 32.3 Å². The third kappa shape index (κ3) is 12.0. The van der Waals surface area contributed by atoms with Crippen LogP contribution in [0.5, 0.6) is 0 Å². The minimum absolute atomic E-state index is 0.0476. The van der Waals surface area contributed by atoms with Crippen LogP contribution in [0, 0.1) is 0 Å². The molecule has 6 N–H and O–H groups in total. The highest BCUT2D eigenvalue weighted by molar-refractivity contribution is 6.25. The Morgan fingerprint density at radius 2 is 1.55 bits per heavy atom. The van der Waals surface area contributed by atoms with Crippen molar-refractivity contribution in [1.82, 2.24) is 40.4 Å². The number of nitrogen functional groups attached to an aromatic ring is 1. The van der Waals surface area contributed by atoms with Gasteiger partial charge >= 0.3 is 6.09 Å². The van der Waals surface area contributed by atoms with E-state index >= 15 is 0 Å². The molecule has 76 heavy (non-hydrogen) atoms. The molecule has 1 saturated carbocycles. The number of aromatic nitrogens is 4. The zero-order valence-corrected chi connectivity index (χ0v) is 42.8. The maximum atomic E-state index is 13.3. The van der Waals surface area contributed by atoms with E-state index in [1.54, 1.807) is 24.4 Å². The number of imide groups is 2. The fourth-order valence-electron chi connectivity index (χ4n) is 9.54. The summed E-state index contributed by atoms with van der Waals surface area (Å²) in [6, 6.07) is 27.6. The molecule has 2 aliphatic heterocycles. The van der Waals surface area contributed by atoms with Gasteiger partial charge in [-0.2, -0.15) is 0 Å². The number of imidazole rings is 1. The highest BCUT2D eigenvalue weighted by atomic mass is 16.6. The molecule has 3 aliphatic rings. The van der Waals surface area contributed by atoms with Crippen molar-refractivity contribution in [2.24, 2.45) is 0 Å². The first kappa shape index (κ1) is 52.8. The van der Waals surface area contributed by atoms with Gasteiger partial charge in [-0.15, -0.1) is 0 Å². The number of fused-ring (bicyclic) bond motifs is 2. The highest BCUT2D eigenvalue weighted by Gasteiger charge is 2.46. The van der Waals surface area contributed by atoms with E-state index in [0.717, 1.165) is 52.2 Å². The second-order valence-electron chi connectivity index (χ2n) is 19.8. The standard InChI is InChI=1S/C56H62N10O10/c1-55(2,3)76-54(72)64-56(23-7-24-56)37-13-15-38(16-14-37)65-49(40-11-6-25-60-48(40)57)62-43-18-17-41(61-50(43)65)36-9-4-8-35(34-36)21-26-59-45(67)22-28-73-30-32-75-33-31-74-29-27-58-42-12-5-10-39-47(42)53(71)66(52(39)70)44-19-20-46(68)63-51(44)69/h4-6,8-18,25,34,44,58H,7,19-24,26-33H2,1-3H3,(H2,57,60)(H,59,67)(H,64,72)(H,63,68,69). The van der Waals surface area contributed by atoms with E-state index in [4.69, 9.17) is 34.6 Å². The van der Waals surface area contributed by atoms with Crippen molar-refractivity contribution in [2.75, 3.05) is 63.8 Å². The van der Waals surface area contributed by atoms with Gasteiger partial charge in [0.05, 0.1) is 67.6 Å². The number of rotatable bonds is 22. The van der Waals surface area contributed by atoms with Crippen LogP contribution in [-0.4, -0.2) is 124 Å². The molecule has 20 heteroatoms. The molecule has 20 nitrogen and oxygen atoms in total. The lowest BCUT2D eigenvalue weighted by molar-refractivity contribution is -0.136. The van der Waals surface area contributed by atoms with Crippen LogP contribution in [0.25, 0.3) is 39.5 Å². The van der Waals surface area contributed by atoms with Gasteiger partial charge in [0.2, 0.25) is 17.7 Å². The number of carbonyl (C=O) groups is 6. The number of piperidine rings is 1. The van der Waals surface area contributed by atoms with Gasteiger partial charge in [-0.1, -0.05) is 36.4 Å². The molecule has 2 fully saturated rings. The molecule has 0 bridgehead atoms. The number of ether oxygens (including phenoxy) is 4. The minimum Gasteiger partial charge on any atom is -0.444 e. The lowest BCUT2D eigenvalue weighted by atomic mass is 9.72. The molecule has 3 aromatic heterocycles. The molecule has 1 atom stereocenters. The van der Waals surface area contributed by atoms with Crippen molar-refractivity contribution in [3.8, 4) is 28.3 Å². The van der Waals surface area contributed by atoms with Crippen LogP contribution in [0.1, 0.15) is 91.1 Å². The molecule has 6 aromatic rings. The predicted octanol–water partition coefficient (Wildman–Crippen LogP) is 6.25. The van der Waals surface area contributed by atoms with Crippen LogP contribution < -0.4 is 27.0 Å². The average Bonchev–Trinajstić information content (AvgIpc) is 3.89. The van der Waals surface area contributed by atoms with Gasteiger partial charge in [-0.25, -0.2) is 19.7 Å². The molecule has 6 amide bonds. The number of benzene rings is 3. The third-order valence-electron chi connectivity index (χ3n) is 13.4. The lowest BCUT2D eigenvalue weighted by Gasteiger charge is -2.43.